The molecule has 0 radical (unpaired) electrons. The normalized spacial score (nSPS) is 13.9. The first-order chi connectivity index (χ1) is 5.26. The molecule has 0 saturated carbocycles. The molecule has 1 heteroatoms. The Hall–Kier alpha value is -0.0400. The van der Waals surface area contributed by atoms with Gasteiger partial charge in [0.15, 0.2) is 0 Å². The molecule has 0 aliphatic rings. The van der Waals surface area contributed by atoms with Gasteiger partial charge in [-0.3, -0.25) is 0 Å². The van der Waals surface area contributed by atoms with Gasteiger partial charge in [-0.2, -0.15) is 0 Å². The van der Waals surface area contributed by atoms with Gasteiger partial charge < -0.3 is 4.90 Å². The maximum Gasteiger partial charge on any atom is 0.00667 e. The van der Waals surface area contributed by atoms with Crippen LogP contribution in [-0.4, -0.2) is 24.0 Å². The van der Waals surface area contributed by atoms with Crippen molar-refractivity contribution in [2.45, 2.75) is 53.0 Å². The fourth-order valence-corrected chi connectivity index (χ4v) is 1.58. The van der Waals surface area contributed by atoms with E-state index in [1.54, 1.807) is 0 Å². The van der Waals surface area contributed by atoms with Crippen molar-refractivity contribution in [1.29, 1.82) is 0 Å². The molecule has 0 aromatic carbocycles. The number of nitrogens with zero attached hydrogens (tertiary/aromatic N) is 1. The van der Waals surface area contributed by atoms with E-state index in [9.17, 15) is 0 Å². The third kappa shape index (κ3) is 4.41. The zero-order valence-corrected chi connectivity index (χ0v) is 8.56. The lowest BCUT2D eigenvalue weighted by molar-refractivity contribution is 0.209. The number of hydrogen-bond donors (Lipinski definition) is 0. The fraction of sp³-hybridized carbons (Fsp3) is 1.00. The quantitative estimate of drug-likeness (QED) is 0.573. The second-order valence-electron chi connectivity index (χ2n) is 3.27. The SMILES string of the molecule is CCCC(C)N(CC)CCC. The smallest absolute Gasteiger partial charge is 0.00667 e. The molecule has 0 spiro atoms. The monoisotopic (exact) mass is 157 g/mol. The first-order valence-electron chi connectivity index (χ1n) is 5.00. The van der Waals surface area contributed by atoms with Crippen LogP contribution in [0.2, 0.25) is 0 Å². The minimum atomic E-state index is 0.782. The fourth-order valence-electron chi connectivity index (χ4n) is 1.58. The van der Waals surface area contributed by atoms with Gasteiger partial charge in [-0.1, -0.05) is 27.2 Å². The van der Waals surface area contributed by atoms with Gasteiger partial charge in [0.25, 0.3) is 0 Å². The van der Waals surface area contributed by atoms with Crippen LogP contribution in [0.15, 0.2) is 0 Å². The van der Waals surface area contributed by atoms with Crippen molar-refractivity contribution in [2.24, 2.45) is 0 Å². The van der Waals surface area contributed by atoms with Crippen LogP contribution in [0.25, 0.3) is 0 Å². The average molecular weight is 157 g/mol. The Morgan fingerprint density at radius 1 is 1.09 bits per heavy atom. The van der Waals surface area contributed by atoms with E-state index < -0.39 is 0 Å². The highest BCUT2D eigenvalue weighted by Gasteiger charge is 2.08. The molecule has 0 amide bonds. The van der Waals surface area contributed by atoms with Crippen LogP contribution in [-0.2, 0) is 0 Å². The summed E-state index contributed by atoms with van der Waals surface area (Å²) >= 11 is 0. The van der Waals surface area contributed by atoms with Crippen molar-refractivity contribution in [3.8, 4) is 0 Å². The lowest BCUT2D eigenvalue weighted by atomic mass is 10.1. The van der Waals surface area contributed by atoms with Crippen molar-refractivity contribution < 1.29 is 0 Å². The van der Waals surface area contributed by atoms with Crippen LogP contribution in [0.3, 0.4) is 0 Å². The van der Waals surface area contributed by atoms with Crippen molar-refractivity contribution >= 4 is 0 Å². The summed E-state index contributed by atoms with van der Waals surface area (Å²) in [6.07, 6.45) is 3.93. The van der Waals surface area contributed by atoms with Crippen molar-refractivity contribution in [3.63, 3.8) is 0 Å². The molecule has 1 unspecified atom stereocenters. The molecule has 0 aromatic rings. The Bertz CT molecular complexity index is 80.9. The zero-order chi connectivity index (χ0) is 8.69. The third-order valence-corrected chi connectivity index (χ3v) is 2.25. The molecule has 1 atom stereocenters. The molecule has 0 bridgehead atoms. The van der Waals surface area contributed by atoms with Gasteiger partial charge in [-0.25, -0.2) is 0 Å². The maximum absolute atomic E-state index is 2.56. The lowest BCUT2D eigenvalue weighted by Crippen LogP contribution is -2.33. The Morgan fingerprint density at radius 2 is 1.73 bits per heavy atom. The second-order valence-corrected chi connectivity index (χ2v) is 3.27. The topological polar surface area (TPSA) is 3.24 Å². The van der Waals surface area contributed by atoms with Gasteiger partial charge in [0.05, 0.1) is 0 Å². The van der Waals surface area contributed by atoms with E-state index >= 15 is 0 Å². The number of hydrogen-bond acceptors (Lipinski definition) is 1. The summed E-state index contributed by atoms with van der Waals surface area (Å²) in [5.41, 5.74) is 0. The molecule has 0 aliphatic heterocycles. The highest BCUT2D eigenvalue weighted by atomic mass is 15.1. The predicted octanol–water partition coefficient (Wildman–Crippen LogP) is 2.91. The van der Waals surface area contributed by atoms with Gasteiger partial charge in [0, 0.05) is 6.04 Å². The largest absolute Gasteiger partial charge is 0.301 e. The van der Waals surface area contributed by atoms with Gasteiger partial charge in [0.2, 0.25) is 0 Å². The Balaban J connectivity index is 3.61. The molecule has 0 N–H and O–H groups in total. The molecule has 0 saturated heterocycles. The highest BCUT2D eigenvalue weighted by molar-refractivity contribution is 4.64. The molecule has 0 fully saturated rings. The molecular weight excluding hydrogens is 134 g/mol. The van der Waals surface area contributed by atoms with Crippen LogP contribution in [0.5, 0.6) is 0 Å². The van der Waals surface area contributed by atoms with Gasteiger partial charge >= 0.3 is 0 Å². The summed E-state index contributed by atoms with van der Waals surface area (Å²) < 4.78 is 0. The van der Waals surface area contributed by atoms with Crippen LogP contribution in [0.4, 0.5) is 0 Å². The number of rotatable bonds is 6. The summed E-state index contributed by atoms with van der Waals surface area (Å²) in [7, 11) is 0. The first kappa shape index (κ1) is 11.0. The van der Waals surface area contributed by atoms with Crippen molar-refractivity contribution in [1.82, 2.24) is 4.90 Å². The average Bonchev–Trinajstić information content (AvgIpc) is 2.00. The summed E-state index contributed by atoms with van der Waals surface area (Å²) in [5, 5.41) is 0. The molecule has 0 heterocycles. The standard InChI is InChI=1S/C10H23N/c1-5-8-10(4)11(7-3)9-6-2/h10H,5-9H2,1-4H3. The van der Waals surface area contributed by atoms with E-state index in [1.807, 2.05) is 0 Å². The second kappa shape index (κ2) is 6.66. The van der Waals surface area contributed by atoms with E-state index in [2.05, 4.69) is 32.6 Å². The molecule has 0 aliphatic carbocycles. The van der Waals surface area contributed by atoms with Crippen LogP contribution in [0.1, 0.15) is 47.0 Å². The Kier molecular flexibility index (Phi) is 6.63. The molecular formula is C10H23N. The molecule has 0 rings (SSSR count). The van der Waals surface area contributed by atoms with E-state index in [1.165, 1.54) is 32.4 Å². The Morgan fingerprint density at radius 3 is 2.09 bits per heavy atom. The van der Waals surface area contributed by atoms with Gasteiger partial charge in [0.1, 0.15) is 0 Å². The van der Waals surface area contributed by atoms with E-state index in [0.29, 0.717) is 0 Å². The van der Waals surface area contributed by atoms with E-state index in [-0.39, 0.29) is 0 Å². The highest BCUT2D eigenvalue weighted by Crippen LogP contribution is 2.06. The zero-order valence-electron chi connectivity index (χ0n) is 8.56. The molecule has 11 heavy (non-hydrogen) atoms. The predicted molar refractivity (Wildman–Crippen MR) is 51.9 cm³/mol. The van der Waals surface area contributed by atoms with E-state index in [0.717, 1.165) is 6.04 Å². The van der Waals surface area contributed by atoms with E-state index in [4.69, 9.17) is 0 Å². The van der Waals surface area contributed by atoms with Gasteiger partial charge in [-0.15, -0.1) is 0 Å². The van der Waals surface area contributed by atoms with Crippen molar-refractivity contribution in [3.05, 3.63) is 0 Å². The summed E-state index contributed by atoms with van der Waals surface area (Å²) in [4.78, 5) is 2.56. The summed E-state index contributed by atoms with van der Waals surface area (Å²) in [6, 6.07) is 0.782. The first-order valence-corrected chi connectivity index (χ1v) is 5.00. The van der Waals surface area contributed by atoms with Crippen molar-refractivity contribution in [2.75, 3.05) is 13.1 Å². The molecule has 68 valence electrons. The van der Waals surface area contributed by atoms with Crippen LogP contribution >= 0.6 is 0 Å². The lowest BCUT2D eigenvalue weighted by Gasteiger charge is -2.26. The summed E-state index contributed by atoms with van der Waals surface area (Å²) in [5.74, 6) is 0. The molecule has 0 aromatic heterocycles. The summed E-state index contributed by atoms with van der Waals surface area (Å²) in [6.45, 7) is 11.6. The maximum atomic E-state index is 2.56. The third-order valence-electron chi connectivity index (χ3n) is 2.25. The van der Waals surface area contributed by atoms with Crippen LogP contribution < -0.4 is 0 Å². The minimum Gasteiger partial charge on any atom is -0.301 e. The van der Waals surface area contributed by atoms with Crippen LogP contribution in [0, 0.1) is 0 Å². The Labute approximate surface area is 71.8 Å². The molecule has 1 nitrogen and oxygen atoms in total. The van der Waals surface area contributed by atoms with Gasteiger partial charge in [-0.05, 0) is 32.9 Å². The minimum absolute atomic E-state index is 0.782.